The summed E-state index contributed by atoms with van der Waals surface area (Å²) in [6, 6.07) is 0. The van der Waals surface area contributed by atoms with Gasteiger partial charge < -0.3 is 11.1 Å². The van der Waals surface area contributed by atoms with E-state index >= 15 is 0 Å². The first-order chi connectivity index (χ1) is 7.64. The van der Waals surface area contributed by atoms with E-state index in [0.29, 0.717) is 0 Å². The number of hydrogen-bond acceptors (Lipinski definition) is 3. The Balaban J connectivity index is 4.36. The quantitative estimate of drug-likeness (QED) is 0.705. The number of amides is 1. The van der Waals surface area contributed by atoms with E-state index < -0.39 is 24.2 Å². The predicted octanol–water partition coefficient (Wildman–Crippen LogP) is 0.724. The number of rotatable bonds is 7. The lowest BCUT2D eigenvalue weighted by molar-refractivity contribution is -0.146. The fourth-order valence-electron chi connectivity index (χ4n) is 1.36. The summed E-state index contributed by atoms with van der Waals surface area (Å²) in [4.78, 5) is 12.4. The minimum Gasteiger partial charge on any atom is -0.368 e. The molecule has 0 aromatic carbocycles. The van der Waals surface area contributed by atoms with Gasteiger partial charge in [-0.15, -0.1) is 0 Å². The average Bonchev–Trinajstić information content (AvgIpc) is 2.21. The second kappa shape index (κ2) is 6.20. The molecule has 0 aliphatic rings. The molecule has 0 heterocycles. The van der Waals surface area contributed by atoms with Crippen LogP contribution >= 0.6 is 0 Å². The van der Waals surface area contributed by atoms with E-state index in [2.05, 4.69) is 5.32 Å². The van der Waals surface area contributed by atoms with E-state index in [-0.39, 0.29) is 19.5 Å². The maximum absolute atomic E-state index is 12.2. The Bertz CT molecular complexity index is 258. The van der Waals surface area contributed by atoms with E-state index in [0.717, 1.165) is 0 Å². The predicted molar refractivity (Wildman–Crippen MR) is 59.4 cm³/mol. The monoisotopic (exact) mass is 255 g/mol. The lowest BCUT2D eigenvalue weighted by Gasteiger charge is -2.29. The lowest BCUT2D eigenvalue weighted by atomic mass is 9.97. The third-order valence-corrected chi connectivity index (χ3v) is 2.87. The smallest absolute Gasteiger partial charge is 0.368 e. The number of nitrogens with zero attached hydrogens (tertiary/aromatic N) is 1. The number of likely N-dealkylation sites (N-methyl/N-ethyl adjacent to an activating group) is 1. The Labute approximate surface area is 99.3 Å². The van der Waals surface area contributed by atoms with Gasteiger partial charge in [0.15, 0.2) is 0 Å². The summed E-state index contributed by atoms with van der Waals surface area (Å²) in [6.07, 6.45) is -3.98. The molecule has 0 fully saturated rings. The first kappa shape index (κ1) is 16.2. The first-order valence-electron chi connectivity index (χ1n) is 5.42. The van der Waals surface area contributed by atoms with Gasteiger partial charge in [0.05, 0.1) is 12.1 Å². The zero-order valence-electron chi connectivity index (χ0n) is 10.4. The molecule has 1 unspecified atom stereocenters. The average molecular weight is 255 g/mol. The van der Waals surface area contributed by atoms with Gasteiger partial charge in [0.2, 0.25) is 5.91 Å². The van der Waals surface area contributed by atoms with Gasteiger partial charge in [0, 0.05) is 6.54 Å². The number of alkyl halides is 3. The number of primary amides is 1. The lowest BCUT2D eigenvalue weighted by Crippen LogP contribution is -2.53. The molecule has 0 saturated heterocycles. The van der Waals surface area contributed by atoms with Crippen LogP contribution in [0.5, 0.6) is 0 Å². The summed E-state index contributed by atoms with van der Waals surface area (Å²) in [6.45, 7) is 2.69. The zero-order chi connectivity index (χ0) is 13.7. The van der Waals surface area contributed by atoms with E-state index in [4.69, 9.17) is 5.73 Å². The Morgan fingerprint density at radius 2 is 1.94 bits per heavy atom. The van der Waals surface area contributed by atoms with Gasteiger partial charge in [-0.05, 0) is 26.9 Å². The molecule has 0 rings (SSSR count). The molecule has 0 aliphatic carbocycles. The van der Waals surface area contributed by atoms with Crippen LogP contribution in [0.15, 0.2) is 0 Å². The third-order valence-electron chi connectivity index (χ3n) is 2.87. The van der Waals surface area contributed by atoms with Crippen molar-refractivity contribution in [1.82, 2.24) is 10.2 Å². The summed E-state index contributed by atoms with van der Waals surface area (Å²) in [7, 11) is 1.56. The topological polar surface area (TPSA) is 58.4 Å². The standard InChI is InChI=1S/C10H20F3N3O/c1-4-16(7-10(11,12)13)6-5-9(2,15-3)8(14)17/h15H,4-7H2,1-3H3,(H2,14,17). The Hall–Kier alpha value is -0.820. The highest BCUT2D eigenvalue weighted by Crippen LogP contribution is 2.17. The largest absolute Gasteiger partial charge is 0.401 e. The summed E-state index contributed by atoms with van der Waals surface area (Å²) < 4.78 is 36.6. The molecule has 0 bridgehead atoms. The van der Waals surface area contributed by atoms with Crippen molar-refractivity contribution >= 4 is 5.91 Å². The van der Waals surface area contributed by atoms with Crippen molar-refractivity contribution in [3.8, 4) is 0 Å². The van der Waals surface area contributed by atoms with Crippen LogP contribution in [-0.2, 0) is 4.79 Å². The van der Waals surface area contributed by atoms with Crippen LogP contribution in [0.1, 0.15) is 20.3 Å². The first-order valence-corrected chi connectivity index (χ1v) is 5.42. The van der Waals surface area contributed by atoms with E-state index in [1.54, 1.807) is 20.9 Å². The minimum absolute atomic E-state index is 0.163. The number of carbonyl (C=O) groups is 1. The minimum atomic E-state index is -4.22. The number of nitrogens with two attached hydrogens (primary N) is 1. The van der Waals surface area contributed by atoms with Crippen molar-refractivity contribution in [3.63, 3.8) is 0 Å². The van der Waals surface area contributed by atoms with E-state index in [1.807, 2.05) is 0 Å². The van der Waals surface area contributed by atoms with Crippen molar-refractivity contribution < 1.29 is 18.0 Å². The number of halogens is 3. The molecule has 1 atom stereocenters. The summed E-state index contributed by atoms with van der Waals surface area (Å²) >= 11 is 0. The van der Waals surface area contributed by atoms with Gasteiger partial charge >= 0.3 is 6.18 Å². The molecule has 0 aliphatic heterocycles. The van der Waals surface area contributed by atoms with Crippen LogP contribution in [0.3, 0.4) is 0 Å². The molecule has 7 heteroatoms. The third kappa shape index (κ3) is 5.88. The van der Waals surface area contributed by atoms with Crippen molar-refractivity contribution in [2.24, 2.45) is 5.73 Å². The van der Waals surface area contributed by atoms with E-state index in [9.17, 15) is 18.0 Å². The number of carbonyl (C=O) groups excluding carboxylic acids is 1. The molecule has 0 aromatic rings. The normalized spacial score (nSPS) is 15.9. The summed E-state index contributed by atoms with van der Waals surface area (Å²) in [5, 5.41) is 2.74. The van der Waals surface area contributed by atoms with Crippen LogP contribution in [0.25, 0.3) is 0 Å². The highest BCUT2D eigenvalue weighted by Gasteiger charge is 2.33. The van der Waals surface area contributed by atoms with Crippen molar-refractivity contribution in [3.05, 3.63) is 0 Å². The number of nitrogens with one attached hydrogen (secondary N) is 1. The highest BCUT2D eigenvalue weighted by atomic mass is 19.4. The molecule has 0 spiro atoms. The van der Waals surface area contributed by atoms with Gasteiger partial charge in [-0.25, -0.2) is 0 Å². The van der Waals surface area contributed by atoms with Crippen LogP contribution in [0.2, 0.25) is 0 Å². The fraction of sp³-hybridized carbons (Fsp3) is 0.900. The highest BCUT2D eigenvalue weighted by molar-refractivity contribution is 5.84. The van der Waals surface area contributed by atoms with Crippen molar-refractivity contribution in [1.29, 1.82) is 0 Å². The zero-order valence-corrected chi connectivity index (χ0v) is 10.4. The molecule has 0 radical (unpaired) electrons. The Morgan fingerprint density at radius 1 is 1.41 bits per heavy atom. The van der Waals surface area contributed by atoms with Gasteiger partial charge in [-0.1, -0.05) is 6.92 Å². The molecule has 102 valence electrons. The molecule has 1 amide bonds. The molecular weight excluding hydrogens is 235 g/mol. The van der Waals surface area contributed by atoms with Gasteiger partial charge in [-0.2, -0.15) is 13.2 Å². The summed E-state index contributed by atoms with van der Waals surface area (Å²) in [5.41, 5.74) is 4.22. The molecule has 0 aromatic heterocycles. The Morgan fingerprint density at radius 3 is 2.24 bits per heavy atom. The van der Waals surface area contributed by atoms with Crippen LogP contribution in [0.4, 0.5) is 13.2 Å². The molecule has 4 nitrogen and oxygen atoms in total. The molecule has 17 heavy (non-hydrogen) atoms. The fourth-order valence-corrected chi connectivity index (χ4v) is 1.36. The molecule has 3 N–H and O–H groups in total. The summed E-state index contributed by atoms with van der Waals surface area (Å²) in [5.74, 6) is -0.567. The SMILES string of the molecule is CCN(CCC(C)(NC)C(N)=O)CC(F)(F)F. The number of hydrogen-bond donors (Lipinski definition) is 2. The van der Waals surface area contributed by atoms with Gasteiger partial charge in [0.1, 0.15) is 0 Å². The maximum atomic E-state index is 12.2. The maximum Gasteiger partial charge on any atom is 0.401 e. The van der Waals surface area contributed by atoms with Crippen molar-refractivity contribution in [2.45, 2.75) is 32.0 Å². The second-order valence-electron chi connectivity index (χ2n) is 4.18. The van der Waals surface area contributed by atoms with Gasteiger partial charge in [-0.3, -0.25) is 9.69 Å². The molecule has 0 saturated carbocycles. The second-order valence-corrected chi connectivity index (χ2v) is 4.18. The van der Waals surface area contributed by atoms with Crippen LogP contribution in [-0.4, -0.2) is 49.2 Å². The molecular formula is C10H20F3N3O. The van der Waals surface area contributed by atoms with Crippen LogP contribution in [0, 0.1) is 0 Å². The van der Waals surface area contributed by atoms with Gasteiger partial charge in [0.25, 0.3) is 0 Å². The van der Waals surface area contributed by atoms with E-state index in [1.165, 1.54) is 4.90 Å². The van der Waals surface area contributed by atoms with Crippen LogP contribution < -0.4 is 11.1 Å². The Kier molecular flexibility index (Phi) is 5.91. The van der Waals surface area contributed by atoms with Crippen molar-refractivity contribution in [2.75, 3.05) is 26.7 Å².